The molecule has 180 valence electrons. The molecule has 2 aromatic carbocycles. The lowest BCUT2D eigenvalue weighted by Gasteiger charge is -2.18. The Kier molecular flexibility index (Phi) is 7.84. The van der Waals surface area contributed by atoms with Crippen LogP contribution in [0.4, 0.5) is 5.82 Å². The Balaban J connectivity index is 1.39. The van der Waals surface area contributed by atoms with Gasteiger partial charge in [-0.1, -0.05) is 24.3 Å². The van der Waals surface area contributed by atoms with E-state index in [1.165, 1.54) is 6.33 Å². The fraction of sp³-hybridized carbons (Fsp3) is 0.259. The molecule has 1 aliphatic rings. The Morgan fingerprint density at radius 1 is 1.17 bits per heavy atom. The largest absolute Gasteiger partial charge is 0.457 e. The number of nitrogens with one attached hydrogen (secondary N) is 2. The fourth-order valence-corrected chi connectivity index (χ4v) is 3.84. The van der Waals surface area contributed by atoms with Crippen LogP contribution < -0.4 is 10.1 Å². The first kappa shape index (κ1) is 24.1. The number of nitrogens with zero attached hydrogens (tertiary/aromatic N) is 4. The first-order chi connectivity index (χ1) is 17.0. The molecule has 8 nitrogen and oxygen atoms in total. The maximum absolute atomic E-state index is 12.5. The monoisotopic (exact) mass is 470 g/mol. The second-order valence-corrected chi connectivity index (χ2v) is 8.68. The van der Waals surface area contributed by atoms with Crippen LogP contribution in [0.3, 0.4) is 0 Å². The lowest BCUT2D eigenvalue weighted by molar-refractivity contribution is -0.125. The Morgan fingerprint density at radius 2 is 1.91 bits per heavy atom. The zero-order valence-corrected chi connectivity index (χ0v) is 20.0. The van der Waals surface area contributed by atoms with E-state index in [9.17, 15) is 4.79 Å². The van der Waals surface area contributed by atoms with Crippen molar-refractivity contribution in [3.8, 4) is 11.5 Å². The van der Waals surface area contributed by atoms with Gasteiger partial charge in [-0.15, -0.1) is 0 Å². The van der Waals surface area contributed by atoms with E-state index in [4.69, 9.17) is 10.1 Å². The van der Waals surface area contributed by atoms with Crippen molar-refractivity contribution in [1.29, 1.82) is 5.41 Å². The predicted octanol–water partition coefficient (Wildman–Crippen LogP) is 3.82. The van der Waals surface area contributed by atoms with Crippen molar-refractivity contribution < 1.29 is 9.53 Å². The number of anilines is 1. The van der Waals surface area contributed by atoms with Gasteiger partial charge in [-0.3, -0.25) is 10.2 Å². The molecule has 0 bridgehead atoms. The summed E-state index contributed by atoms with van der Waals surface area (Å²) in [5, 5.41) is 12.2. The van der Waals surface area contributed by atoms with Gasteiger partial charge in [0.2, 0.25) is 5.91 Å². The highest BCUT2D eigenvalue weighted by molar-refractivity contribution is 6.13. The Hall–Kier alpha value is -4.04. The van der Waals surface area contributed by atoms with E-state index in [1.54, 1.807) is 12.3 Å². The van der Waals surface area contributed by atoms with Crippen LogP contribution in [0.25, 0.3) is 0 Å². The minimum Gasteiger partial charge on any atom is -0.457 e. The number of likely N-dealkylation sites (N-methyl/N-ethyl adjacent to an activating group) is 1. The molecule has 0 radical (unpaired) electrons. The van der Waals surface area contributed by atoms with E-state index < -0.39 is 0 Å². The van der Waals surface area contributed by atoms with E-state index >= 15 is 0 Å². The molecule has 1 aliphatic heterocycles. The number of carbonyl (C=O) groups is 1. The van der Waals surface area contributed by atoms with Gasteiger partial charge in [0, 0.05) is 43.5 Å². The molecule has 1 saturated heterocycles. The summed E-state index contributed by atoms with van der Waals surface area (Å²) in [5.74, 6) is 2.07. The lowest BCUT2D eigenvalue weighted by atomic mass is 10.0. The number of para-hydroxylation sites is 1. The van der Waals surface area contributed by atoms with Crippen molar-refractivity contribution in [1.82, 2.24) is 19.8 Å². The topological polar surface area (TPSA) is 94.4 Å². The van der Waals surface area contributed by atoms with Crippen molar-refractivity contribution in [2.24, 2.45) is 0 Å². The van der Waals surface area contributed by atoms with E-state index in [0.717, 1.165) is 24.3 Å². The predicted molar refractivity (Wildman–Crippen MR) is 137 cm³/mol. The summed E-state index contributed by atoms with van der Waals surface area (Å²) in [4.78, 5) is 24.8. The minimum absolute atomic E-state index is 0.0182. The van der Waals surface area contributed by atoms with Gasteiger partial charge in [0.25, 0.3) is 0 Å². The highest BCUT2D eigenvalue weighted by atomic mass is 16.5. The quantitative estimate of drug-likeness (QED) is 0.365. The maximum Gasteiger partial charge on any atom is 0.246 e. The molecule has 2 N–H and O–H groups in total. The number of carbonyl (C=O) groups excluding carboxylic acids is 1. The smallest absolute Gasteiger partial charge is 0.246 e. The summed E-state index contributed by atoms with van der Waals surface area (Å²) in [6.07, 6.45) is 7.45. The van der Waals surface area contributed by atoms with E-state index in [-0.39, 0.29) is 11.9 Å². The highest BCUT2D eigenvalue weighted by Gasteiger charge is 2.26. The summed E-state index contributed by atoms with van der Waals surface area (Å²) >= 11 is 0. The van der Waals surface area contributed by atoms with E-state index in [1.807, 2.05) is 84.6 Å². The fourth-order valence-electron chi connectivity index (χ4n) is 3.84. The number of hydrogen-bond acceptors (Lipinski definition) is 7. The second-order valence-electron chi connectivity index (χ2n) is 8.68. The second kappa shape index (κ2) is 11.4. The Morgan fingerprint density at radius 3 is 2.66 bits per heavy atom. The van der Waals surface area contributed by atoms with E-state index in [2.05, 4.69) is 15.3 Å². The average molecular weight is 471 g/mol. The molecule has 8 heteroatoms. The number of amides is 1. The third kappa shape index (κ3) is 6.51. The van der Waals surface area contributed by atoms with Crippen LogP contribution in [0.15, 0.2) is 79.3 Å². The van der Waals surface area contributed by atoms with Crippen molar-refractivity contribution in [2.75, 3.05) is 39.0 Å². The molecule has 0 saturated carbocycles. The van der Waals surface area contributed by atoms with Gasteiger partial charge < -0.3 is 19.9 Å². The molecule has 1 unspecified atom stereocenters. The number of rotatable bonds is 9. The molecule has 0 spiro atoms. The summed E-state index contributed by atoms with van der Waals surface area (Å²) < 4.78 is 5.85. The van der Waals surface area contributed by atoms with Gasteiger partial charge in [0.15, 0.2) is 0 Å². The van der Waals surface area contributed by atoms with Gasteiger partial charge in [0.1, 0.15) is 23.6 Å². The third-order valence-corrected chi connectivity index (χ3v) is 5.68. The van der Waals surface area contributed by atoms with Crippen LogP contribution in [0.5, 0.6) is 11.5 Å². The molecular formula is C27H30N6O2. The van der Waals surface area contributed by atoms with Gasteiger partial charge in [-0.2, -0.15) is 0 Å². The van der Waals surface area contributed by atoms with Gasteiger partial charge in [-0.25, -0.2) is 9.97 Å². The average Bonchev–Trinajstić information content (AvgIpc) is 3.33. The zero-order chi connectivity index (χ0) is 24.6. The van der Waals surface area contributed by atoms with Gasteiger partial charge in [-0.05, 0) is 56.9 Å². The van der Waals surface area contributed by atoms with Crippen LogP contribution >= 0.6 is 0 Å². The van der Waals surface area contributed by atoms with Crippen LogP contribution in [-0.4, -0.2) is 71.2 Å². The lowest BCUT2D eigenvalue weighted by Crippen LogP contribution is -2.31. The molecule has 1 fully saturated rings. The van der Waals surface area contributed by atoms with Gasteiger partial charge >= 0.3 is 0 Å². The zero-order valence-electron chi connectivity index (χ0n) is 20.0. The van der Waals surface area contributed by atoms with Crippen molar-refractivity contribution in [3.63, 3.8) is 0 Å². The molecule has 4 rings (SSSR count). The summed E-state index contributed by atoms with van der Waals surface area (Å²) in [7, 11) is 3.93. The summed E-state index contributed by atoms with van der Waals surface area (Å²) in [6, 6.07) is 17.0. The van der Waals surface area contributed by atoms with Crippen molar-refractivity contribution in [3.05, 3.63) is 90.4 Å². The van der Waals surface area contributed by atoms with Crippen molar-refractivity contribution in [2.45, 2.75) is 12.5 Å². The molecule has 0 aliphatic carbocycles. The molecular weight excluding hydrogens is 440 g/mol. The van der Waals surface area contributed by atoms with Crippen LogP contribution in [0.2, 0.25) is 0 Å². The number of aromatic nitrogens is 2. The molecule has 1 aromatic heterocycles. The number of likely N-dealkylation sites (tertiary alicyclic amines) is 1. The number of hydrogen-bond donors (Lipinski definition) is 2. The summed E-state index contributed by atoms with van der Waals surface area (Å²) in [6.45, 7) is 2.00. The van der Waals surface area contributed by atoms with Crippen LogP contribution in [0.1, 0.15) is 17.5 Å². The molecule has 1 atom stereocenters. The summed E-state index contributed by atoms with van der Waals surface area (Å²) in [5.41, 5.74) is 1.66. The minimum atomic E-state index is 0.0182. The van der Waals surface area contributed by atoms with Gasteiger partial charge in [0.05, 0.1) is 11.3 Å². The Bertz CT molecular complexity index is 1180. The highest BCUT2D eigenvalue weighted by Crippen LogP contribution is 2.24. The van der Waals surface area contributed by atoms with Crippen LogP contribution in [-0.2, 0) is 4.79 Å². The molecule has 35 heavy (non-hydrogen) atoms. The standard InChI is InChI=1S/C27H30N6O2/c1-32(2)15-6-9-25(34)33-16-14-21(18-33)31-27-24(17-29-19-30-27)26(28)20-10-12-23(13-11-20)35-22-7-4-3-5-8-22/h3-13,17,19,21,28H,14-16,18H2,1-2H3,(H,29,30,31)/b9-6+,28-26?. The van der Waals surface area contributed by atoms with Crippen molar-refractivity contribution >= 4 is 17.4 Å². The molecule has 2 heterocycles. The maximum atomic E-state index is 12.5. The first-order valence-corrected chi connectivity index (χ1v) is 11.6. The van der Waals surface area contributed by atoms with Crippen LogP contribution in [0, 0.1) is 5.41 Å². The number of ether oxygens (including phenoxy) is 1. The normalized spacial score (nSPS) is 15.5. The molecule has 1 amide bonds. The SMILES string of the molecule is CN(C)C/C=C/C(=O)N1CCC(Nc2ncncc2C(=N)c2ccc(Oc3ccccc3)cc2)C1. The number of benzene rings is 2. The molecule has 3 aromatic rings. The Labute approximate surface area is 205 Å². The van der Waals surface area contributed by atoms with E-state index in [0.29, 0.717) is 35.9 Å². The third-order valence-electron chi connectivity index (χ3n) is 5.68. The first-order valence-electron chi connectivity index (χ1n) is 11.6.